The van der Waals surface area contributed by atoms with E-state index >= 15 is 0 Å². The molecule has 2 aliphatic rings. The van der Waals surface area contributed by atoms with E-state index in [1.807, 2.05) is 4.90 Å². The van der Waals surface area contributed by atoms with Gasteiger partial charge in [-0.05, 0) is 30.2 Å². The highest BCUT2D eigenvalue weighted by Gasteiger charge is 2.51. The number of ether oxygens (including phenoxy) is 1. The molecule has 3 N–H and O–H groups in total. The molecule has 2 saturated heterocycles. The summed E-state index contributed by atoms with van der Waals surface area (Å²) in [5.74, 6) is 0. The van der Waals surface area contributed by atoms with Crippen molar-refractivity contribution in [1.82, 2.24) is 19.2 Å². The molecule has 2 fully saturated rings. The summed E-state index contributed by atoms with van der Waals surface area (Å²) in [6.07, 6.45) is -3.86. The van der Waals surface area contributed by atoms with E-state index < -0.39 is 37.4 Å². The first kappa shape index (κ1) is 33.1. The minimum atomic E-state index is -4.91. The van der Waals surface area contributed by atoms with Crippen LogP contribution in [0.15, 0.2) is 58.3 Å². The molecule has 2 aromatic rings. The number of alkyl halides is 3. The second-order valence-corrected chi connectivity index (χ2v) is 15.0. The highest BCUT2D eigenvalue weighted by molar-refractivity contribution is 7.90. The highest BCUT2D eigenvalue weighted by Crippen LogP contribution is 2.39. The fourth-order valence-electron chi connectivity index (χ4n) is 5.22. The van der Waals surface area contributed by atoms with Gasteiger partial charge < -0.3 is 15.2 Å². The number of sulfonamides is 2. The van der Waals surface area contributed by atoms with Gasteiger partial charge in [0.05, 0.1) is 29.9 Å². The molecule has 0 saturated carbocycles. The quantitative estimate of drug-likeness (QED) is 0.300. The summed E-state index contributed by atoms with van der Waals surface area (Å²) in [5.41, 5.74) is -4.05. The molecule has 0 bridgehead atoms. The summed E-state index contributed by atoms with van der Waals surface area (Å²) >= 11 is 4.33. The van der Waals surface area contributed by atoms with Crippen LogP contribution < -0.4 is 10.0 Å². The third kappa shape index (κ3) is 7.13. The molecule has 234 valence electrons. The number of nitrogens with one attached hydrogen (secondary N) is 2. The molecule has 0 aliphatic carbocycles. The Morgan fingerprint density at radius 1 is 1.12 bits per heavy atom. The number of rotatable bonds is 9. The summed E-state index contributed by atoms with van der Waals surface area (Å²) < 4.78 is 101. The number of benzene rings is 2. The zero-order chi connectivity index (χ0) is 31.0. The lowest BCUT2D eigenvalue weighted by Crippen LogP contribution is -2.66. The first-order chi connectivity index (χ1) is 19.5. The minimum absolute atomic E-state index is 0.0299. The van der Waals surface area contributed by atoms with Gasteiger partial charge in [-0.15, -0.1) is 12.6 Å². The minimum Gasteiger partial charge on any atom is -0.378 e. The Balaban J connectivity index is 1.74. The van der Waals surface area contributed by atoms with Gasteiger partial charge in [-0.3, -0.25) is 4.90 Å². The number of morpholine rings is 1. The summed E-state index contributed by atoms with van der Waals surface area (Å²) in [4.78, 5) is 2.29. The third-order valence-electron chi connectivity index (χ3n) is 7.71. The zero-order valence-corrected chi connectivity index (χ0v) is 25.7. The number of hydrogen-bond acceptors (Lipinski definition) is 9. The predicted octanol–water partition coefficient (Wildman–Crippen LogP) is 1.48. The number of aliphatic hydroxyl groups is 1. The summed E-state index contributed by atoms with van der Waals surface area (Å²) in [7, 11) is -7.51. The molecule has 0 radical (unpaired) electrons. The van der Waals surface area contributed by atoms with E-state index in [9.17, 15) is 35.1 Å². The lowest BCUT2D eigenvalue weighted by molar-refractivity contribution is -0.258. The van der Waals surface area contributed by atoms with Crippen LogP contribution in [0.1, 0.15) is 18.1 Å². The molecule has 0 spiro atoms. The molecule has 2 aromatic carbocycles. The van der Waals surface area contributed by atoms with Crippen molar-refractivity contribution in [2.45, 2.75) is 40.1 Å². The van der Waals surface area contributed by atoms with Crippen molar-refractivity contribution in [3.63, 3.8) is 0 Å². The van der Waals surface area contributed by atoms with Gasteiger partial charge in [-0.1, -0.05) is 36.4 Å². The Morgan fingerprint density at radius 3 is 2.40 bits per heavy atom. The summed E-state index contributed by atoms with van der Waals surface area (Å²) in [5, 5.41) is 13.6. The second kappa shape index (κ2) is 12.3. The molecular weight excluding hydrogens is 618 g/mol. The van der Waals surface area contributed by atoms with E-state index in [2.05, 4.69) is 22.7 Å². The van der Waals surface area contributed by atoms with Crippen molar-refractivity contribution in [3.05, 3.63) is 59.7 Å². The molecule has 10 nitrogen and oxygen atoms in total. The van der Waals surface area contributed by atoms with Gasteiger partial charge in [0.2, 0.25) is 20.0 Å². The fraction of sp³-hybridized carbons (Fsp3) is 0.538. The Labute approximate surface area is 249 Å². The van der Waals surface area contributed by atoms with E-state index in [0.717, 1.165) is 6.26 Å². The number of halogens is 3. The van der Waals surface area contributed by atoms with Crippen LogP contribution in [0.2, 0.25) is 0 Å². The van der Waals surface area contributed by atoms with Crippen LogP contribution in [0.25, 0.3) is 0 Å². The van der Waals surface area contributed by atoms with Gasteiger partial charge in [0, 0.05) is 50.2 Å². The first-order valence-corrected chi connectivity index (χ1v) is 16.9. The molecule has 0 aromatic heterocycles. The number of piperazine rings is 1. The maximum atomic E-state index is 13.8. The topological polar surface area (TPSA) is 128 Å². The SMILES string of the molecule is C[C@@](O)(c1ccc([C@]2(CN3CCOC[C@@H]3CNS(C)(=O)=O)CN(S(=O)(=O)c3ccccc3S)CCN2)cc1)C(F)(F)F. The van der Waals surface area contributed by atoms with Gasteiger partial charge in [-0.25, -0.2) is 21.6 Å². The Morgan fingerprint density at radius 2 is 1.79 bits per heavy atom. The molecule has 4 rings (SSSR count). The van der Waals surface area contributed by atoms with E-state index in [1.165, 1.54) is 34.6 Å². The summed E-state index contributed by atoms with van der Waals surface area (Å²) in [6.45, 7) is 2.19. The number of nitrogens with zero attached hydrogens (tertiary/aromatic N) is 2. The Hall–Kier alpha value is -1.76. The van der Waals surface area contributed by atoms with Crippen molar-refractivity contribution >= 4 is 32.7 Å². The first-order valence-electron chi connectivity index (χ1n) is 13.2. The van der Waals surface area contributed by atoms with Crippen LogP contribution in [0.3, 0.4) is 0 Å². The zero-order valence-electron chi connectivity index (χ0n) is 23.1. The maximum Gasteiger partial charge on any atom is 0.421 e. The molecule has 42 heavy (non-hydrogen) atoms. The maximum absolute atomic E-state index is 13.8. The third-order valence-corrected chi connectivity index (χ3v) is 10.8. The average molecular weight is 653 g/mol. The Kier molecular flexibility index (Phi) is 9.72. The molecule has 0 amide bonds. The van der Waals surface area contributed by atoms with E-state index in [1.54, 1.807) is 18.2 Å². The standard InChI is InChI=1S/C26H35F3N4O6S3/c1-24(34,26(27,28)29)19-7-9-20(10-8-19)25(17-32-13-14-39-16-21(32)15-31-41(2,35)36)18-33(12-11-30-25)42(37,38)23-6-4-3-5-22(23)40/h3-10,21,30-31,34,40H,11-18H2,1-2H3/t21-,24+,25-/m0/s1. The molecule has 16 heteroatoms. The van der Waals surface area contributed by atoms with E-state index in [-0.39, 0.29) is 60.7 Å². The van der Waals surface area contributed by atoms with Crippen LogP contribution in [-0.4, -0.2) is 102 Å². The molecular formula is C26H35F3N4O6S3. The van der Waals surface area contributed by atoms with Crippen LogP contribution in [-0.2, 0) is 35.9 Å². The summed E-state index contributed by atoms with van der Waals surface area (Å²) in [6, 6.07) is 11.2. The monoisotopic (exact) mass is 652 g/mol. The van der Waals surface area contributed by atoms with E-state index in [0.29, 0.717) is 25.6 Å². The van der Waals surface area contributed by atoms with Crippen molar-refractivity contribution in [2.24, 2.45) is 0 Å². The van der Waals surface area contributed by atoms with Gasteiger partial charge in [0.1, 0.15) is 0 Å². The van der Waals surface area contributed by atoms with E-state index in [4.69, 9.17) is 4.74 Å². The molecule has 2 aliphatic heterocycles. The van der Waals surface area contributed by atoms with Crippen molar-refractivity contribution < 1.29 is 39.9 Å². The van der Waals surface area contributed by atoms with Crippen molar-refractivity contribution in [1.29, 1.82) is 0 Å². The van der Waals surface area contributed by atoms with Crippen LogP contribution in [0.5, 0.6) is 0 Å². The molecule has 3 atom stereocenters. The lowest BCUT2D eigenvalue weighted by atomic mass is 9.84. The van der Waals surface area contributed by atoms with Gasteiger partial charge in [-0.2, -0.15) is 17.5 Å². The van der Waals surface area contributed by atoms with Crippen molar-refractivity contribution in [3.8, 4) is 0 Å². The smallest absolute Gasteiger partial charge is 0.378 e. The normalized spacial score (nSPS) is 24.8. The number of thiol groups is 1. The molecule has 2 heterocycles. The average Bonchev–Trinajstić information content (AvgIpc) is 2.92. The van der Waals surface area contributed by atoms with Crippen molar-refractivity contribution in [2.75, 3.05) is 58.7 Å². The highest BCUT2D eigenvalue weighted by atomic mass is 32.2. The van der Waals surface area contributed by atoms with Crippen LogP contribution in [0.4, 0.5) is 13.2 Å². The van der Waals surface area contributed by atoms with Crippen LogP contribution >= 0.6 is 12.6 Å². The predicted molar refractivity (Wildman–Crippen MR) is 153 cm³/mol. The van der Waals surface area contributed by atoms with Gasteiger partial charge in [0.15, 0.2) is 5.60 Å². The van der Waals surface area contributed by atoms with Gasteiger partial charge in [0.25, 0.3) is 0 Å². The largest absolute Gasteiger partial charge is 0.421 e. The molecule has 0 unspecified atom stereocenters. The number of hydrogen-bond donors (Lipinski definition) is 4. The van der Waals surface area contributed by atoms with Crippen LogP contribution in [0, 0.1) is 0 Å². The lowest BCUT2D eigenvalue weighted by Gasteiger charge is -2.48. The Bertz CT molecular complexity index is 1470. The second-order valence-electron chi connectivity index (χ2n) is 10.8. The van der Waals surface area contributed by atoms with Gasteiger partial charge >= 0.3 is 6.18 Å². The fourth-order valence-corrected chi connectivity index (χ4v) is 7.81.